The molecule has 3 aliphatic heterocycles. The first-order valence-corrected chi connectivity index (χ1v) is 12.3. The molecule has 35 heavy (non-hydrogen) atoms. The molecule has 2 aromatic carbocycles. The molecular formula is C27H32N4O4. The van der Waals surface area contributed by atoms with Gasteiger partial charge in [-0.2, -0.15) is 5.10 Å². The normalized spacial score (nSPS) is 22.8. The molecule has 8 heteroatoms. The average molecular weight is 477 g/mol. The zero-order valence-corrected chi connectivity index (χ0v) is 20.1. The Morgan fingerprint density at radius 1 is 1.03 bits per heavy atom. The molecule has 0 N–H and O–H groups in total. The third-order valence-electron chi connectivity index (χ3n) is 7.02. The maximum absolute atomic E-state index is 13.5. The van der Waals surface area contributed by atoms with Gasteiger partial charge >= 0.3 is 0 Å². The van der Waals surface area contributed by atoms with Crippen molar-refractivity contribution in [3.63, 3.8) is 0 Å². The average Bonchev–Trinajstić information content (AvgIpc) is 3.60. The highest BCUT2D eigenvalue weighted by Gasteiger charge is 2.35. The molecule has 2 atom stereocenters. The Kier molecular flexibility index (Phi) is 7.11. The van der Waals surface area contributed by atoms with Gasteiger partial charge < -0.3 is 14.4 Å². The third kappa shape index (κ3) is 5.23. The summed E-state index contributed by atoms with van der Waals surface area (Å²) >= 11 is 0. The second-order valence-corrected chi connectivity index (χ2v) is 9.25. The van der Waals surface area contributed by atoms with Gasteiger partial charge in [0.2, 0.25) is 0 Å². The highest BCUT2D eigenvalue weighted by Crippen LogP contribution is 2.33. The Morgan fingerprint density at radius 2 is 1.77 bits per heavy atom. The van der Waals surface area contributed by atoms with Crippen molar-refractivity contribution in [2.24, 2.45) is 5.10 Å². The highest BCUT2D eigenvalue weighted by atomic mass is 16.5. The monoisotopic (exact) mass is 476 g/mol. The minimum Gasteiger partial charge on any atom is -0.497 e. The quantitative estimate of drug-likeness (QED) is 0.641. The molecule has 5 rings (SSSR count). The van der Waals surface area contributed by atoms with Gasteiger partial charge in [-0.3, -0.25) is 14.5 Å². The molecule has 0 bridgehead atoms. The van der Waals surface area contributed by atoms with Gasteiger partial charge in [-0.15, -0.1) is 0 Å². The molecule has 2 amide bonds. The summed E-state index contributed by atoms with van der Waals surface area (Å²) in [6.45, 7) is 3.52. The van der Waals surface area contributed by atoms with E-state index >= 15 is 0 Å². The van der Waals surface area contributed by atoms with Crippen LogP contribution in [0.5, 0.6) is 5.75 Å². The molecule has 0 unspecified atom stereocenters. The van der Waals surface area contributed by atoms with E-state index in [0.717, 1.165) is 35.4 Å². The van der Waals surface area contributed by atoms with E-state index in [0.29, 0.717) is 39.2 Å². The van der Waals surface area contributed by atoms with Crippen LogP contribution in [0.15, 0.2) is 59.7 Å². The van der Waals surface area contributed by atoms with E-state index in [4.69, 9.17) is 14.6 Å². The van der Waals surface area contributed by atoms with E-state index < -0.39 is 0 Å². The zero-order valence-electron chi connectivity index (χ0n) is 20.1. The maximum Gasteiger partial charge on any atom is 0.257 e. The Morgan fingerprint density at radius 3 is 2.43 bits per heavy atom. The van der Waals surface area contributed by atoms with Crippen LogP contribution in [0.2, 0.25) is 0 Å². The number of amides is 2. The number of hydrogen-bond donors (Lipinski definition) is 0. The van der Waals surface area contributed by atoms with Crippen LogP contribution in [0.4, 0.5) is 0 Å². The summed E-state index contributed by atoms with van der Waals surface area (Å²) in [5, 5.41) is 6.43. The van der Waals surface area contributed by atoms with Crippen molar-refractivity contribution in [3.05, 3.63) is 65.7 Å². The Hall–Kier alpha value is -3.23. The van der Waals surface area contributed by atoms with E-state index in [2.05, 4.69) is 4.90 Å². The Bertz CT molecular complexity index is 1060. The lowest BCUT2D eigenvalue weighted by Gasteiger charge is -2.36. The molecule has 3 heterocycles. The summed E-state index contributed by atoms with van der Waals surface area (Å²) in [6, 6.07) is 17.7. The fourth-order valence-corrected chi connectivity index (χ4v) is 5.00. The number of benzene rings is 2. The van der Waals surface area contributed by atoms with Crippen LogP contribution in [0.3, 0.4) is 0 Å². The fourth-order valence-electron chi connectivity index (χ4n) is 5.00. The van der Waals surface area contributed by atoms with Gasteiger partial charge in [0.1, 0.15) is 11.9 Å². The molecule has 0 saturated carbocycles. The van der Waals surface area contributed by atoms with Crippen molar-refractivity contribution in [2.45, 2.75) is 31.4 Å². The van der Waals surface area contributed by atoms with Gasteiger partial charge in [0.25, 0.3) is 11.8 Å². The molecule has 0 spiro atoms. The molecule has 3 aliphatic rings. The van der Waals surface area contributed by atoms with Crippen molar-refractivity contribution in [1.29, 1.82) is 0 Å². The molecule has 0 aromatic heterocycles. The molecule has 2 fully saturated rings. The predicted molar refractivity (Wildman–Crippen MR) is 132 cm³/mol. The first kappa shape index (κ1) is 23.5. The van der Waals surface area contributed by atoms with Gasteiger partial charge in [0, 0.05) is 39.2 Å². The summed E-state index contributed by atoms with van der Waals surface area (Å²) < 4.78 is 10.9. The van der Waals surface area contributed by atoms with Crippen molar-refractivity contribution in [2.75, 3.05) is 46.4 Å². The number of hydrogen-bond acceptors (Lipinski definition) is 6. The van der Waals surface area contributed by atoms with Crippen molar-refractivity contribution < 1.29 is 19.1 Å². The van der Waals surface area contributed by atoms with Crippen LogP contribution < -0.4 is 4.74 Å². The number of hydrazone groups is 1. The number of carbonyl (C=O) groups excluding carboxylic acids is 2. The summed E-state index contributed by atoms with van der Waals surface area (Å²) in [7, 11) is 1.64. The Balaban J connectivity index is 1.26. The van der Waals surface area contributed by atoms with E-state index in [1.165, 1.54) is 0 Å². The summed E-state index contributed by atoms with van der Waals surface area (Å²) in [4.78, 5) is 30.1. The lowest BCUT2D eigenvalue weighted by molar-refractivity contribution is -0.143. The summed E-state index contributed by atoms with van der Waals surface area (Å²) in [5.74, 6) is 0.838. The van der Waals surface area contributed by atoms with Crippen LogP contribution in [-0.2, 0) is 14.3 Å². The standard InChI is InChI=1S/C27H32N4O4/c1-34-22-11-9-21(10-12-22)24-18-23(20-6-3-2-4-7-20)28-31(24)26(32)19-29-13-15-30(16-14-29)27(33)25-8-5-17-35-25/h2-4,6-7,9-12,24-25H,5,8,13-19H2,1H3/t24-,25-/m0/s1. The van der Waals surface area contributed by atoms with Crippen molar-refractivity contribution in [3.8, 4) is 5.75 Å². The minimum absolute atomic E-state index is 0.0318. The smallest absolute Gasteiger partial charge is 0.257 e. The number of rotatable bonds is 6. The van der Waals surface area contributed by atoms with Crippen LogP contribution in [0, 0.1) is 0 Å². The fraction of sp³-hybridized carbons (Fsp3) is 0.444. The minimum atomic E-state index is -0.288. The number of carbonyl (C=O) groups is 2. The summed E-state index contributed by atoms with van der Waals surface area (Å²) in [5.41, 5.74) is 2.97. The molecule has 0 radical (unpaired) electrons. The predicted octanol–water partition coefficient (Wildman–Crippen LogP) is 2.70. The lowest BCUT2D eigenvalue weighted by Crippen LogP contribution is -2.53. The van der Waals surface area contributed by atoms with Crippen molar-refractivity contribution >= 4 is 17.5 Å². The SMILES string of the molecule is COc1ccc([C@@H]2CC(c3ccccc3)=NN2C(=O)CN2CCN(C(=O)[C@@H]3CCCO3)CC2)cc1. The zero-order chi connectivity index (χ0) is 24.2. The first-order chi connectivity index (χ1) is 17.1. The number of ether oxygens (including phenoxy) is 2. The molecule has 2 aromatic rings. The largest absolute Gasteiger partial charge is 0.497 e. The first-order valence-electron chi connectivity index (χ1n) is 12.3. The molecule has 2 saturated heterocycles. The van der Waals surface area contributed by atoms with E-state index in [-0.39, 0.29) is 30.5 Å². The molecule has 0 aliphatic carbocycles. The van der Waals surface area contributed by atoms with Gasteiger partial charge in [-0.1, -0.05) is 42.5 Å². The van der Waals surface area contributed by atoms with Crippen LogP contribution in [0.25, 0.3) is 0 Å². The molecule has 8 nitrogen and oxygen atoms in total. The highest BCUT2D eigenvalue weighted by molar-refractivity contribution is 6.03. The Labute approximate surface area is 206 Å². The molecule has 184 valence electrons. The van der Waals surface area contributed by atoms with E-state index in [1.54, 1.807) is 12.1 Å². The second kappa shape index (κ2) is 10.6. The number of methoxy groups -OCH3 is 1. The van der Waals surface area contributed by atoms with Crippen molar-refractivity contribution in [1.82, 2.24) is 14.8 Å². The topological polar surface area (TPSA) is 74.7 Å². The van der Waals surface area contributed by atoms with E-state index in [9.17, 15) is 9.59 Å². The third-order valence-corrected chi connectivity index (χ3v) is 7.02. The van der Waals surface area contributed by atoms with E-state index in [1.807, 2.05) is 59.5 Å². The second-order valence-electron chi connectivity index (χ2n) is 9.25. The number of nitrogens with zero attached hydrogens (tertiary/aromatic N) is 4. The number of piperazine rings is 1. The van der Waals surface area contributed by atoms with Crippen LogP contribution >= 0.6 is 0 Å². The van der Waals surface area contributed by atoms with Gasteiger partial charge in [-0.05, 0) is 36.1 Å². The van der Waals surface area contributed by atoms with Gasteiger partial charge in [0.05, 0.1) is 25.4 Å². The van der Waals surface area contributed by atoms with Crippen LogP contribution in [-0.4, -0.2) is 84.9 Å². The lowest BCUT2D eigenvalue weighted by atomic mass is 9.98. The van der Waals surface area contributed by atoms with Gasteiger partial charge in [-0.25, -0.2) is 5.01 Å². The summed E-state index contributed by atoms with van der Waals surface area (Å²) in [6.07, 6.45) is 2.12. The maximum atomic E-state index is 13.5. The van der Waals surface area contributed by atoms with Gasteiger partial charge in [0.15, 0.2) is 0 Å². The van der Waals surface area contributed by atoms with Crippen LogP contribution in [0.1, 0.15) is 36.4 Å². The molecular weight excluding hydrogens is 444 g/mol.